The molecule has 0 aliphatic carbocycles. The molecule has 0 aliphatic heterocycles. The van der Waals surface area contributed by atoms with E-state index in [0.29, 0.717) is 0 Å². The normalized spacial score (nSPS) is 13.6. The highest BCUT2D eigenvalue weighted by Gasteiger charge is 2.01. The highest BCUT2D eigenvalue weighted by molar-refractivity contribution is 7.85. The summed E-state index contributed by atoms with van der Waals surface area (Å²) >= 11 is 1.43. The Bertz CT molecular complexity index is 231. The first kappa shape index (κ1) is 6.92. The van der Waals surface area contributed by atoms with Gasteiger partial charge in [-0.05, 0) is 23.9 Å². The highest BCUT2D eigenvalue weighted by atomic mass is 32.2. The van der Waals surface area contributed by atoms with E-state index >= 15 is 0 Å². The second-order valence-corrected chi connectivity index (χ2v) is 3.87. The van der Waals surface area contributed by atoms with Gasteiger partial charge in [0.2, 0.25) is 0 Å². The van der Waals surface area contributed by atoms with Crippen molar-refractivity contribution >= 4 is 22.3 Å². The van der Waals surface area contributed by atoms with Crippen molar-refractivity contribution in [3.63, 3.8) is 0 Å². The van der Waals surface area contributed by atoms with Gasteiger partial charge >= 0.3 is 0 Å². The predicted octanol–water partition coefficient (Wildman–Crippen LogP) is 1.04. The Labute approximate surface area is 60.3 Å². The molecule has 0 spiro atoms. The maximum atomic E-state index is 10.6. The summed E-state index contributed by atoms with van der Waals surface area (Å²) < 4.78 is 11.4. The van der Waals surface area contributed by atoms with E-state index in [1.165, 1.54) is 11.3 Å². The molecule has 0 amide bonds. The summed E-state index contributed by atoms with van der Waals surface area (Å²) in [7, 11) is -1.29. The molecule has 1 rings (SSSR count). The van der Waals surface area contributed by atoms with Crippen LogP contribution in [0.4, 0.5) is 0 Å². The minimum atomic E-state index is -1.29. The molecule has 2 N–H and O–H groups in total. The average molecular weight is 161 g/mol. The van der Waals surface area contributed by atoms with Crippen LogP contribution in [0.3, 0.4) is 0 Å². The van der Waals surface area contributed by atoms with Gasteiger partial charge in [-0.25, -0.2) is 9.35 Å². The number of nitrogens with two attached hydrogens (primary N) is 1. The Morgan fingerprint density at radius 1 is 1.78 bits per heavy atom. The van der Waals surface area contributed by atoms with Crippen LogP contribution in [0.1, 0.15) is 5.56 Å². The summed E-state index contributed by atoms with van der Waals surface area (Å²) in [4.78, 5) is 0. The third-order valence-corrected chi connectivity index (χ3v) is 3.27. The van der Waals surface area contributed by atoms with Gasteiger partial charge in [-0.3, -0.25) is 0 Å². The lowest BCUT2D eigenvalue weighted by molar-refractivity contribution is 0.685. The van der Waals surface area contributed by atoms with Gasteiger partial charge in [-0.2, -0.15) is 0 Å². The van der Waals surface area contributed by atoms with Crippen molar-refractivity contribution in [1.82, 2.24) is 0 Å². The first-order chi connectivity index (χ1) is 4.22. The van der Waals surface area contributed by atoms with E-state index in [1.54, 1.807) is 0 Å². The second-order valence-electron chi connectivity index (χ2n) is 1.69. The topological polar surface area (TPSA) is 43.1 Å². The average Bonchev–Trinajstić information content (AvgIpc) is 2.13. The van der Waals surface area contributed by atoms with Crippen molar-refractivity contribution in [2.75, 3.05) is 0 Å². The van der Waals surface area contributed by atoms with Gasteiger partial charge in [0.25, 0.3) is 0 Å². The van der Waals surface area contributed by atoms with Crippen molar-refractivity contribution in [2.45, 2.75) is 11.1 Å². The van der Waals surface area contributed by atoms with Crippen LogP contribution >= 0.6 is 11.3 Å². The predicted molar refractivity (Wildman–Crippen MR) is 39.7 cm³/mol. The van der Waals surface area contributed by atoms with Crippen LogP contribution in [0.2, 0.25) is 0 Å². The lowest BCUT2D eigenvalue weighted by atomic mass is 10.4. The number of aryl methyl sites for hydroxylation is 1. The Kier molecular flexibility index (Phi) is 2.00. The summed E-state index contributed by atoms with van der Waals surface area (Å²) in [6.45, 7) is 1.90. The van der Waals surface area contributed by atoms with Crippen LogP contribution in [-0.2, 0) is 11.0 Å². The molecule has 1 heterocycles. The molecular weight excluding hydrogens is 154 g/mol. The molecule has 2 nitrogen and oxygen atoms in total. The fourth-order valence-corrected chi connectivity index (χ4v) is 2.15. The molecule has 1 aromatic heterocycles. The number of hydrogen-bond donors (Lipinski definition) is 1. The summed E-state index contributed by atoms with van der Waals surface area (Å²) in [5.41, 5.74) is 1.01. The van der Waals surface area contributed by atoms with Crippen molar-refractivity contribution in [2.24, 2.45) is 5.14 Å². The zero-order valence-electron chi connectivity index (χ0n) is 4.96. The minimum absolute atomic E-state index is 0.773. The van der Waals surface area contributed by atoms with Crippen LogP contribution in [0, 0.1) is 6.92 Å². The molecule has 0 fully saturated rings. The quantitative estimate of drug-likeness (QED) is 0.657. The van der Waals surface area contributed by atoms with Crippen LogP contribution in [-0.4, -0.2) is 4.21 Å². The van der Waals surface area contributed by atoms with E-state index in [1.807, 2.05) is 18.4 Å². The fourth-order valence-electron chi connectivity index (χ4n) is 0.565. The lowest BCUT2D eigenvalue weighted by Crippen LogP contribution is -2.00. The van der Waals surface area contributed by atoms with E-state index in [2.05, 4.69) is 0 Å². The number of rotatable bonds is 1. The van der Waals surface area contributed by atoms with E-state index in [9.17, 15) is 4.21 Å². The third-order valence-electron chi connectivity index (χ3n) is 0.998. The maximum Gasteiger partial charge on any atom is 0.132 e. The molecule has 1 unspecified atom stereocenters. The maximum absolute atomic E-state index is 10.6. The van der Waals surface area contributed by atoms with Crippen LogP contribution in [0.5, 0.6) is 0 Å². The van der Waals surface area contributed by atoms with Crippen LogP contribution in [0.15, 0.2) is 15.7 Å². The SMILES string of the molecule is Cc1ccsc1S(N)=O. The van der Waals surface area contributed by atoms with E-state index < -0.39 is 11.0 Å². The zero-order chi connectivity index (χ0) is 6.85. The van der Waals surface area contributed by atoms with E-state index in [-0.39, 0.29) is 0 Å². The lowest BCUT2D eigenvalue weighted by Gasteiger charge is -1.88. The molecule has 50 valence electrons. The number of hydrogen-bond acceptors (Lipinski definition) is 2. The molecular formula is C5H7NOS2. The molecule has 0 saturated carbocycles. The molecule has 0 aliphatic rings. The Morgan fingerprint density at radius 2 is 2.44 bits per heavy atom. The molecule has 1 aromatic rings. The van der Waals surface area contributed by atoms with Crippen molar-refractivity contribution < 1.29 is 4.21 Å². The van der Waals surface area contributed by atoms with Crippen LogP contribution in [0.25, 0.3) is 0 Å². The standard InChI is InChI=1S/C5H7NOS2/c1-4-2-3-8-5(4)9(6)7/h2-3H,6H2,1H3. The van der Waals surface area contributed by atoms with Gasteiger partial charge in [0.05, 0.1) is 0 Å². The second kappa shape index (κ2) is 2.60. The van der Waals surface area contributed by atoms with Gasteiger partial charge in [0.1, 0.15) is 15.2 Å². The molecule has 9 heavy (non-hydrogen) atoms. The van der Waals surface area contributed by atoms with Gasteiger partial charge in [0, 0.05) is 0 Å². The first-order valence-corrected chi connectivity index (χ1v) is 4.51. The molecule has 4 heteroatoms. The molecule has 0 radical (unpaired) electrons. The van der Waals surface area contributed by atoms with Gasteiger partial charge in [-0.1, -0.05) is 0 Å². The Hall–Kier alpha value is -0.190. The minimum Gasteiger partial charge on any atom is -0.247 e. The van der Waals surface area contributed by atoms with Crippen molar-refractivity contribution in [1.29, 1.82) is 0 Å². The molecule has 0 bridgehead atoms. The van der Waals surface area contributed by atoms with E-state index in [0.717, 1.165) is 9.77 Å². The van der Waals surface area contributed by atoms with Gasteiger partial charge in [-0.15, -0.1) is 11.3 Å². The highest BCUT2D eigenvalue weighted by Crippen LogP contribution is 2.16. The Balaban J connectivity index is 3.08. The van der Waals surface area contributed by atoms with Gasteiger partial charge < -0.3 is 0 Å². The first-order valence-electron chi connectivity index (χ1n) is 2.42. The number of thiophene rings is 1. The Morgan fingerprint density at radius 3 is 2.67 bits per heavy atom. The third kappa shape index (κ3) is 1.38. The summed E-state index contributed by atoms with van der Waals surface area (Å²) in [6.07, 6.45) is 0. The zero-order valence-corrected chi connectivity index (χ0v) is 6.59. The van der Waals surface area contributed by atoms with Gasteiger partial charge in [0.15, 0.2) is 0 Å². The fraction of sp³-hybridized carbons (Fsp3) is 0.200. The summed E-state index contributed by atoms with van der Waals surface area (Å²) in [6, 6.07) is 1.91. The molecule has 0 saturated heterocycles. The summed E-state index contributed by atoms with van der Waals surface area (Å²) in [5.74, 6) is 0. The molecule has 1 atom stereocenters. The molecule has 0 aromatic carbocycles. The van der Waals surface area contributed by atoms with Crippen LogP contribution < -0.4 is 5.14 Å². The monoisotopic (exact) mass is 161 g/mol. The largest absolute Gasteiger partial charge is 0.247 e. The summed E-state index contributed by atoms with van der Waals surface area (Å²) in [5, 5.41) is 7.03. The van der Waals surface area contributed by atoms with E-state index in [4.69, 9.17) is 5.14 Å². The van der Waals surface area contributed by atoms with Crippen molar-refractivity contribution in [3.05, 3.63) is 17.0 Å². The van der Waals surface area contributed by atoms with Crippen molar-refractivity contribution in [3.8, 4) is 0 Å². The smallest absolute Gasteiger partial charge is 0.132 e.